The third kappa shape index (κ3) is 8.77. The normalized spacial score (nSPS) is 11.8. The highest BCUT2D eigenvalue weighted by molar-refractivity contribution is 5.69. The molecule has 0 aliphatic carbocycles. The summed E-state index contributed by atoms with van der Waals surface area (Å²) in [6, 6.07) is 21.3. The van der Waals surface area contributed by atoms with E-state index in [-0.39, 0.29) is 6.61 Å². The van der Waals surface area contributed by atoms with Crippen molar-refractivity contribution in [3.63, 3.8) is 0 Å². The molecule has 0 bridgehead atoms. The van der Waals surface area contributed by atoms with Gasteiger partial charge in [0.1, 0.15) is 11.5 Å². The van der Waals surface area contributed by atoms with E-state index < -0.39 is 12.1 Å². The van der Waals surface area contributed by atoms with E-state index >= 15 is 0 Å². The van der Waals surface area contributed by atoms with Crippen LogP contribution < -0.4 is 14.8 Å². The molecule has 0 aliphatic heterocycles. The minimum Gasteiger partial charge on any atom is -0.497 e. The lowest BCUT2D eigenvalue weighted by molar-refractivity contribution is -0.131. The number of benzene rings is 3. The summed E-state index contributed by atoms with van der Waals surface area (Å²) in [6.45, 7) is 3.29. The Bertz CT molecular complexity index is 1120. The first-order valence-electron chi connectivity index (χ1n) is 12.1. The summed E-state index contributed by atoms with van der Waals surface area (Å²) >= 11 is 0. The molecule has 0 saturated heterocycles. The van der Waals surface area contributed by atoms with Gasteiger partial charge in [0, 0.05) is 19.0 Å². The van der Waals surface area contributed by atoms with Crippen molar-refractivity contribution in [1.82, 2.24) is 5.32 Å². The molecule has 0 unspecified atom stereocenters. The maximum atomic E-state index is 11.2. The average molecular weight is 494 g/mol. The van der Waals surface area contributed by atoms with Crippen LogP contribution >= 0.6 is 0 Å². The molecule has 0 saturated carbocycles. The van der Waals surface area contributed by atoms with E-state index in [0.717, 1.165) is 24.2 Å². The van der Waals surface area contributed by atoms with Gasteiger partial charge in [-0.15, -0.1) is 0 Å². The molecular weight excluding hydrogens is 458 g/mol. The van der Waals surface area contributed by atoms with Gasteiger partial charge in [0.15, 0.2) is 0 Å². The molecular formula is C29H35NO6. The number of carbonyl (C=O) groups is 1. The molecule has 0 fully saturated rings. The van der Waals surface area contributed by atoms with Crippen molar-refractivity contribution in [2.75, 3.05) is 26.8 Å². The highest BCUT2D eigenvalue weighted by atomic mass is 16.5. The van der Waals surface area contributed by atoms with Gasteiger partial charge in [-0.05, 0) is 65.9 Å². The van der Waals surface area contributed by atoms with Crippen molar-refractivity contribution in [2.45, 2.75) is 39.1 Å². The predicted octanol–water partition coefficient (Wildman–Crippen LogP) is 3.74. The lowest BCUT2D eigenvalue weighted by Gasteiger charge is -2.15. The lowest BCUT2D eigenvalue weighted by Crippen LogP contribution is -2.24. The van der Waals surface area contributed by atoms with Crippen molar-refractivity contribution in [3.05, 3.63) is 94.5 Å². The van der Waals surface area contributed by atoms with Gasteiger partial charge in [0.05, 0.1) is 33.0 Å². The molecule has 3 aromatic rings. The van der Waals surface area contributed by atoms with Crippen LogP contribution in [0.5, 0.6) is 11.5 Å². The summed E-state index contributed by atoms with van der Waals surface area (Å²) in [5.41, 5.74) is 4.62. The average Bonchev–Trinajstić information content (AvgIpc) is 2.89. The number of esters is 1. The minimum atomic E-state index is -0.744. The van der Waals surface area contributed by atoms with Crippen molar-refractivity contribution < 1.29 is 29.2 Å². The summed E-state index contributed by atoms with van der Waals surface area (Å²) in [7, 11) is 1.67. The molecule has 36 heavy (non-hydrogen) atoms. The van der Waals surface area contributed by atoms with Crippen LogP contribution in [0.2, 0.25) is 0 Å². The molecule has 0 amide bonds. The van der Waals surface area contributed by atoms with Gasteiger partial charge in [0.2, 0.25) is 0 Å². The van der Waals surface area contributed by atoms with E-state index in [1.165, 1.54) is 18.1 Å². The molecule has 1 atom stereocenters. The van der Waals surface area contributed by atoms with Crippen LogP contribution in [0, 0.1) is 0 Å². The van der Waals surface area contributed by atoms with Crippen LogP contribution in [0.4, 0.5) is 0 Å². The lowest BCUT2D eigenvalue weighted by atomic mass is 10.0. The van der Waals surface area contributed by atoms with Crippen LogP contribution in [0.15, 0.2) is 66.7 Å². The first-order valence-corrected chi connectivity index (χ1v) is 12.1. The zero-order chi connectivity index (χ0) is 25.8. The second-order valence-electron chi connectivity index (χ2n) is 8.56. The second-order valence-corrected chi connectivity index (χ2v) is 8.56. The fourth-order valence-electron chi connectivity index (χ4n) is 3.86. The predicted molar refractivity (Wildman–Crippen MR) is 138 cm³/mol. The molecule has 7 heteroatoms. The Hall–Kier alpha value is -3.23. The van der Waals surface area contributed by atoms with E-state index in [0.29, 0.717) is 43.2 Å². The largest absolute Gasteiger partial charge is 0.497 e. The smallest absolute Gasteiger partial charge is 0.308 e. The molecule has 192 valence electrons. The van der Waals surface area contributed by atoms with Gasteiger partial charge in [-0.3, -0.25) is 4.79 Å². The molecule has 0 aromatic heterocycles. The molecule has 3 N–H and O–H groups in total. The van der Waals surface area contributed by atoms with Crippen LogP contribution in [0.25, 0.3) is 0 Å². The van der Waals surface area contributed by atoms with Crippen LogP contribution in [-0.4, -0.2) is 43.0 Å². The van der Waals surface area contributed by atoms with E-state index in [2.05, 4.69) is 29.6 Å². The number of nitrogens with one attached hydrogen (secondary N) is 1. The molecule has 7 nitrogen and oxygen atoms in total. The maximum Gasteiger partial charge on any atom is 0.308 e. The molecule has 3 rings (SSSR count). The van der Waals surface area contributed by atoms with Crippen LogP contribution in [0.3, 0.4) is 0 Å². The number of aliphatic hydroxyl groups excluding tert-OH is 2. The minimum absolute atomic E-state index is 0.280. The number of hydrogen-bond acceptors (Lipinski definition) is 7. The number of aliphatic hydroxyl groups is 2. The second kappa shape index (κ2) is 14.4. The molecule has 0 spiro atoms. The first-order chi connectivity index (χ1) is 17.5. The Labute approximate surface area is 212 Å². The Balaban J connectivity index is 1.40. The summed E-state index contributed by atoms with van der Waals surface area (Å²) in [6.07, 6.45) is 0.901. The van der Waals surface area contributed by atoms with Crippen molar-refractivity contribution in [1.29, 1.82) is 0 Å². The monoisotopic (exact) mass is 493 g/mol. The first kappa shape index (κ1) is 27.4. The van der Waals surface area contributed by atoms with Gasteiger partial charge in [-0.25, -0.2) is 0 Å². The quantitative estimate of drug-likeness (QED) is 0.179. The maximum absolute atomic E-state index is 11.2. The number of hydrogen-bond donors (Lipinski definition) is 3. The highest BCUT2D eigenvalue weighted by Gasteiger charge is 2.12. The Kier molecular flexibility index (Phi) is 10.9. The van der Waals surface area contributed by atoms with Gasteiger partial charge in [-0.2, -0.15) is 0 Å². The summed E-state index contributed by atoms with van der Waals surface area (Å²) in [4.78, 5) is 11.2. The number of methoxy groups -OCH3 is 1. The van der Waals surface area contributed by atoms with E-state index in [9.17, 15) is 15.0 Å². The van der Waals surface area contributed by atoms with Crippen LogP contribution in [0.1, 0.15) is 40.8 Å². The van der Waals surface area contributed by atoms with Gasteiger partial charge in [0.25, 0.3) is 0 Å². The third-order valence-electron chi connectivity index (χ3n) is 5.75. The van der Waals surface area contributed by atoms with E-state index in [1.54, 1.807) is 25.3 Å². The summed E-state index contributed by atoms with van der Waals surface area (Å²) < 4.78 is 16.2. The fraction of sp³-hybridized carbons (Fsp3) is 0.345. The summed E-state index contributed by atoms with van der Waals surface area (Å²) in [5.74, 6) is 0.704. The Morgan fingerprint density at radius 1 is 0.972 bits per heavy atom. The fourth-order valence-corrected chi connectivity index (χ4v) is 3.86. The molecule has 0 aliphatic rings. The number of rotatable bonds is 14. The van der Waals surface area contributed by atoms with Crippen molar-refractivity contribution in [2.24, 2.45) is 0 Å². The van der Waals surface area contributed by atoms with Crippen LogP contribution in [-0.2, 0) is 35.6 Å². The molecule has 3 aromatic carbocycles. The zero-order valence-electron chi connectivity index (χ0n) is 20.9. The third-order valence-corrected chi connectivity index (χ3v) is 5.75. The van der Waals surface area contributed by atoms with Crippen molar-refractivity contribution in [3.8, 4) is 11.5 Å². The highest BCUT2D eigenvalue weighted by Crippen LogP contribution is 2.24. The molecule has 0 heterocycles. The van der Waals surface area contributed by atoms with Gasteiger partial charge >= 0.3 is 5.97 Å². The van der Waals surface area contributed by atoms with E-state index in [4.69, 9.17) is 14.2 Å². The number of carbonyl (C=O) groups excluding carboxylic acids is 1. The topological polar surface area (TPSA) is 97.3 Å². The number of ether oxygens (including phenoxy) is 3. The van der Waals surface area contributed by atoms with Crippen molar-refractivity contribution >= 4 is 5.97 Å². The van der Waals surface area contributed by atoms with Gasteiger partial charge < -0.3 is 29.7 Å². The SMILES string of the molecule is COc1cccc(CCOCc2cccc(CCNC[C@H](O)c3ccc(OC(C)=O)c(CO)c3)c2)c1. The Morgan fingerprint density at radius 2 is 1.72 bits per heavy atom. The zero-order valence-corrected chi connectivity index (χ0v) is 20.9. The van der Waals surface area contributed by atoms with E-state index in [1.807, 2.05) is 24.3 Å². The Morgan fingerprint density at radius 3 is 2.47 bits per heavy atom. The van der Waals surface area contributed by atoms with Gasteiger partial charge in [-0.1, -0.05) is 42.5 Å². The standard InChI is InChI=1S/C29H35NO6/c1-21(32)36-29-10-9-25(17-26(29)19-31)28(33)18-30-13-11-22-5-3-7-24(15-22)20-35-14-12-23-6-4-8-27(16-23)34-2/h3-10,15-17,28,30-31,33H,11-14,18-20H2,1-2H3/t28-/m0/s1. The summed E-state index contributed by atoms with van der Waals surface area (Å²) in [5, 5.41) is 23.3. The molecule has 0 radical (unpaired) electrons.